The average Bonchev–Trinajstić information content (AvgIpc) is 2.89. The molecule has 0 bridgehead atoms. The van der Waals surface area contributed by atoms with Gasteiger partial charge in [0.2, 0.25) is 11.8 Å². The van der Waals surface area contributed by atoms with Gasteiger partial charge >= 0.3 is 0 Å². The average molecular weight is 300 g/mol. The highest BCUT2D eigenvalue weighted by molar-refractivity contribution is 7.84. The Hall–Kier alpha value is -0.910. The van der Waals surface area contributed by atoms with Crippen molar-refractivity contribution in [2.45, 2.75) is 57.7 Å². The minimum atomic E-state index is -0.862. The number of carbonyl (C=O) groups is 2. The summed E-state index contributed by atoms with van der Waals surface area (Å²) in [7, 11) is -0.862. The molecule has 2 aliphatic rings. The Morgan fingerprint density at radius 1 is 1.35 bits per heavy atom. The van der Waals surface area contributed by atoms with Gasteiger partial charge in [0.15, 0.2) is 0 Å². The number of carbonyl (C=O) groups excluding carboxylic acids is 2. The van der Waals surface area contributed by atoms with Crippen LogP contribution in [0.5, 0.6) is 0 Å². The topological polar surface area (TPSA) is 57.7 Å². The van der Waals surface area contributed by atoms with Crippen molar-refractivity contribution in [3.8, 4) is 0 Å². The standard InChI is InChI=1S/C14H24N2O3S/c1-4-11-13(17)15-8-5-6-12(15)14(18)16(11)10(2)7-9-20(3)19/h10-12H,4-9H2,1-3H3. The molecule has 6 heteroatoms. The smallest absolute Gasteiger partial charge is 0.246 e. The lowest BCUT2D eigenvalue weighted by Gasteiger charge is -2.45. The van der Waals surface area contributed by atoms with Gasteiger partial charge in [0.1, 0.15) is 12.1 Å². The molecule has 20 heavy (non-hydrogen) atoms. The molecular weight excluding hydrogens is 276 g/mol. The van der Waals surface area contributed by atoms with E-state index in [1.807, 2.05) is 13.8 Å². The molecule has 114 valence electrons. The monoisotopic (exact) mass is 300 g/mol. The number of nitrogens with zero attached hydrogens (tertiary/aromatic N) is 2. The third kappa shape index (κ3) is 2.75. The SMILES string of the molecule is CCC1C(=O)N2CCCC2C(=O)N1C(C)CCS(C)=O. The Morgan fingerprint density at radius 2 is 2.05 bits per heavy atom. The molecule has 0 radical (unpaired) electrons. The van der Waals surface area contributed by atoms with E-state index in [1.54, 1.807) is 16.1 Å². The summed E-state index contributed by atoms with van der Waals surface area (Å²) in [6, 6.07) is -0.611. The molecule has 2 heterocycles. The van der Waals surface area contributed by atoms with E-state index in [9.17, 15) is 13.8 Å². The van der Waals surface area contributed by atoms with Crippen molar-refractivity contribution in [3.63, 3.8) is 0 Å². The lowest BCUT2D eigenvalue weighted by molar-refractivity contribution is -0.162. The van der Waals surface area contributed by atoms with Crippen LogP contribution >= 0.6 is 0 Å². The predicted octanol–water partition coefficient (Wildman–Crippen LogP) is 0.755. The van der Waals surface area contributed by atoms with E-state index in [2.05, 4.69) is 0 Å². The fourth-order valence-corrected chi connectivity index (χ4v) is 3.97. The van der Waals surface area contributed by atoms with Crippen molar-refractivity contribution in [1.82, 2.24) is 9.80 Å². The third-order valence-corrected chi connectivity index (χ3v) is 5.19. The van der Waals surface area contributed by atoms with E-state index in [1.165, 1.54) is 0 Å². The summed E-state index contributed by atoms with van der Waals surface area (Å²) in [5.41, 5.74) is 0. The predicted molar refractivity (Wildman–Crippen MR) is 78.7 cm³/mol. The highest BCUT2D eigenvalue weighted by Gasteiger charge is 2.48. The lowest BCUT2D eigenvalue weighted by atomic mass is 10.00. The Bertz CT molecular complexity index is 427. The van der Waals surface area contributed by atoms with E-state index in [0.29, 0.717) is 25.1 Å². The lowest BCUT2D eigenvalue weighted by Crippen LogP contribution is -2.64. The molecule has 0 aromatic carbocycles. The normalized spacial score (nSPS) is 29.6. The van der Waals surface area contributed by atoms with Crippen LogP contribution in [-0.4, -0.2) is 62.5 Å². The Kier molecular flexibility index (Phi) is 4.83. The number of rotatable bonds is 5. The Balaban J connectivity index is 2.17. The first-order chi connectivity index (χ1) is 9.47. The first kappa shape index (κ1) is 15.5. The van der Waals surface area contributed by atoms with Crippen LogP contribution in [0.1, 0.15) is 39.5 Å². The van der Waals surface area contributed by atoms with Gasteiger partial charge in [0.05, 0.1) is 0 Å². The zero-order chi connectivity index (χ0) is 14.9. The quantitative estimate of drug-likeness (QED) is 0.753. The molecule has 0 N–H and O–H groups in total. The minimum absolute atomic E-state index is 0.0250. The summed E-state index contributed by atoms with van der Waals surface area (Å²) in [4.78, 5) is 28.7. The molecule has 2 aliphatic heterocycles. The summed E-state index contributed by atoms with van der Waals surface area (Å²) in [6.45, 7) is 4.63. The van der Waals surface area contributed by atoms with Crippen LogP contribution < -0.4 is 0 Å². The first-order valence-electron chi connectivity index (χ1n) is 7.40. The zero-order valence-corrected chi connectivity index (χ0v) is 13.3. The van der Waals surface area contributed by atoms with Gasteiger partial charge in [-0.15, -0.1) is 0 Å². The van der Waals surface area contributed by atoms with E-state index in [4.69, 9.17) is 0 Å². The second kappa shape index (κ2) is 6.24. The highest BCUT2D eigenvalue weighted by atomic mass is 32.2. The number of hydrogen-bond acceptors (Lipinski definition) is 3. The fraction of sp³-hybridized carbons (Fsp3) is 0.857. The minimum Gasteiger partial charge on any atom is -0.329 e. The number of fused-ring (bicyclic) bond motifs is 1. The molecule has 0 aliphatic carbocycles. The van der Waals surface area contributed by atoms with Crippen molar-refractivity contribution in [1.29, 1.82) is 0 Å². The molecular formula is C14H24N2O3S. The second-order valence-corrected chi connectivity index (χ2v) is 7.33. The Morgan fingerprint density at radius 3 is 2.65 bits per heavy atom. The molecule has 0 spiro atoms. The van der Waals surface area contributed by atoms with Crippen molar-refractivity contribution in [2.24, 2.45) is 0 Å². The third-order valence-electron chi connectivity index (χ3n) is 4.38. The molecule has 0 saturated carbocycles. The molecule has 2 rings (SSSR count). The molecule has 5 nitrogen and oxygen atoms in total. The first-order valence-corrected chi connectivity index (χ1v) is 9.12. The summed E-state index contributed by atoms with van der Waals surface area (Å²) in [5, 5.41) is 0. The number of piperazine rings is 1. The second-order valence-electron chi connectivity index (χ2n) is 5.77. The van der Waals surface area contributed by atoms with Gasteiger partial charge in [-0.2, -0.15) is 0 Å². The summed E-state index contributed by atoms with van der Waals surface area (Å²) in [6.07, 6.45) is 4.70. The number of amides is 2. The molecule has 2 saturated heterocycles. The van der Waals surface area contributed by atoms with E-state index >= 15 is 0 Å². The van der Waals surface area contributed by atoms with Crippen molar-refractivity contribution < 1.29 is 13.8 Å². The molecule has 0 aromatic heterocycles. The van der Waals surface area contributed by atoms with Crippen LogP contribution in [-0.2, 0) is 20.4 Å². The van der Waals surface area contributed by atoms with Gasteiger partial charge in [-0.1, -0.05) is 6.92 Å². The van der Waals surface area contributed by atoms with Gasteiger partial charge in [-0.05, 0) is 32.6 Å². The van der Waals surface area contributed by atoms with E-state index < -0.39 is 10.8 Å². The van der Waals surface area contributed by atoms with Crippen molar-refractivity contribution in [3.05, 3.63) is 0 Å². The van der Waals surface area contributed by atoms with Gasteiger partial charge in [0, 0.05) is 35.4 Å². The van der Waals surface area contributed by atoms with Crippen LogP contribution in [0.4, 0.5) is 0 Å². The van der Waals surface area contributed by atoms with E-state index in [-0.39, 0.29) is 29.9 Å². The summed E-state index contributed by atoms with van der Waals surface area (Å²) >= 11 is 0. The molecule has 0 aromatic rings. The van der Waals surface area contributed by atoms with Crippen LogP contribution in [0, 0.1) is 0 Å². The maximum Gasteiger partial charge on any atom is 0.246 e. The number of hydrogen-bond donors (Lipinski definition) is 0. The molecule has 4 atom stereocenters. The fourth-order valence-electron chi connectivity index (χ4n) is 3.29. The summed E-state index contributed by atoms with van der Waals surface area (Å²) in [5.74, 6) is 0.756. The zero-order valence-electron chi connectivity index (χ0n) is 12.5. The van der Waals surface area contributed by atoms with E-state index in [0.717, 1.165) is 12.8 Å². The van der Waals surface area contributed by atoms with Gasteiger partial charge in [-0.25, -0.2) is 0 Å². The largest absolute Gasteiger partial charge is 0.329 e. The van der Waals surface area contributed by atoms with Crippen LogP contribution in [0.3, 0.4) is 0 Å². The van der Waals surface area contributed by atoms with Crippen molar-refractivity contribution >= 4 is 22.6 Å². The van der Waals surface area contributed by atoms with Gasteiger partial charge in [-0.3, -0.25) is 13.8 Å². The van der Waals surface area contributed by atoms with Gasteiger partial charge < -0.3 is 9.80 Å². The van der Waals surface area contributed by atoms with Gasteiger partial charge in [0.25, 0.3) is 0 Å². The van der Waals surface area contributed by atoms with Crippen LogP contribution in [0.25, 0.3) is 0 Å². The molecule has 2 amide bonds. The summed E-state index contributed by atoms with van der Waals surface area (Å²) < 4.78 is 11.2. The maximum absolute atomic E-state index is 12.7. The Labute approximate surface area is 123 Å². The maximum atomic E-state index is 12.7. The highest BCUT2D eigenvalue weighted by Crippen LogP contribution is 2.30. The van der Waals surface area contributed by atoms with Crippen LogP contribution in [0.2, 0.25) is 0 Å². The van der Waals surface area contributed by atoms with Crippen molar-refractivity contribution in [2.75, 3.05) is 18.6 Å². The molecule has 4 unspecified atom stereocenters. The van der Waals surface area contributed by atoms with Crippen LogP contribution in [0.15, 0.2) is 0 Å². The molecule has 2 fully saturated rings.